The largest absolute Gasteiger partial charge is 0.330 e. The van der Waals surface area contributed by atoms with E-state index in [4.69, 9.17) is 5.73 Å². The third-order valence-electron chi connectivity index (χ3n) is 2.26. The fraction of sp³-hybridized carbons (Fsp3) is 0.385. The van der Waals surface area contributed by atoms with E-state index < -0.39 is 0 Å². The molecule has 14 heavy (non-hydrogen) atoms. The van der Waals surface area contributed by atoms with Crippen LogP contribution in [0, 0.1) is 5.92 Å². The second-order valence-corrected chi connectivity index (χ2v) is 3.76. The Morgan fingerprint density at radius 2 is 1.93 bits per heavy atom. The zero-order valence-electron chi connectivity index (χ0n) is 9.03. The molecule has 0 saturated carbocycles. The van der Waals surface area contributed by atoms with E-state index in [1.54, 1.807) is 0 Å². The van der Waals surface area contributed by atoms with E-state index in [1.807, 2.05) is 6.07 Å². The zero-order valence-corrected chi connectivity index (χ0v) is 9.03. The molecule has 0 saturated heterocycles. The van der Waals surface area contributed by atoms with E-state index in [0.717, 1.165) is 13.0 Å². The van der Waals surface area contributed by atoms with Crippen LogP contribution in [0.1, 0.15) is 25.8 Å². The van der Waals surface area contributed by atoms with Crippen molar-refractivity contribution in [1.29, 1.82) is 0 Å². The SMILES string of the molecule is CC(C)/C(=C\CCN)c1ccccc1. The molecule has 0 aliphatic carbocycles. The van der Waals surface area contributed by atoms with Crippen LogP contribution < -0.4 is 5.73 Å². The number of allylic oxidation sites excluding steroid dienone is 1. The van der Waals surface area contributed by atoms with Gasteiger partial charge < -0.3 is 5.73 Å². The molecule has 1 heteroatoms. The monoisotopic (exact) mass is 189 g/mol. The Morgan fingerprint density at radius 3 is 2.43 bits per heavy atom. The lowest BCUT2D eigenvalue weighted by Crippen LogP contribution is -1.99. The Labute approximate surface area is 86.6 Å². The third kappa shape index (κ3) is 3.00. The molecule has 0 amide bonds. The van der Waals surface area contributed by atoms with Crippen LogP contribution in [0.4, 0.5) is 0 Å². The molecule has 0 atom stereocenters. The van der Waals surface area contributed by atoms with Crippen molar-refractivity contribution in [3.05, 3.63) is 42.0 Å². The molecule has 1 aromatic carbocycles. The first-order valence-electron chi connectivity index (χ1n) is 5.21. The fourth-order valence-electron chi connectivity index (χ4n) is 1.56. The Hall–Kier alpha value is -1.08. The van der Waals surface area contributed by atoms with Crippen molar-refractivity contribution in [3.8, 4) is 0 Å². The normalized spacial score (nSPS) is 12.1. The molecule has 0 aliphatic rings. The topological polar surface area (TPSA) is 26.0 Å². The lowest BCUT2D eigenvalue weighted by atomic mass is 9.94. The second kappa shape index (κ2) is 5.61. The molecule has 0 bridgehead atoms. The van der Waals surface area contributed by atoms with Crippen LogP contribution in [0.15, 0.2) is 36.4 Å². The molecular formula is C13H19N. The molecule has 1 aromatic rings. The summed E-state index contributed by atoms with van der Waals surface area (Å²) < 4.78 is 0. The van der Waals surface area contributed by atoms with Gasteiger partial charge in [0.15, 0.2) is 0 Å². The van der Waals surface area contributed by atoms with E-state index in [9.17, 15) is 0 Å². The maximum absolute atomic E-state index is 5.51. The first-order chi connectivity index (χ1) is 6.75. The van der Waals surface area contributed by atoms with E-state index in [0.29, 0.717) is 5.92 Å². The smallest absolute Gasteiger partial charge is 0.00424 e. The van der Waals surface area contributed by atoms with Gasteiger partial charge in [-0.25, -0.2) is 0 Å². The van der Waals surface area contributed by atoms with Crippen molar-refractivity contribution in [2.24, 2.45) is 11.7 Å². The molecule has 1 rings (SSSR count). The summed E-state index contributed by atoms with van der Waals surface area (Å²) in [7, 11) is 0. The molecule has 76 valence electrons. The summed E-state index contributed by atoms with van der Waals surface area (Å²) in [6.45, 7) is 5.16. The summed E-state index contributed by atoms with van der Waals surface area (Å²) in [6, 6.07) is 10.5. The highest BCUT2D eigenvalue weighted by molar-refractivity contribution is 5.66. The van der Waals surface area contributed by atoms with E-state index in [-0.39, 0.29) is 0 Å². The van der Waals surface area contributed by atoms with Crippen LogP contribution in [0.5, 0.6) is 0 Å². The lowest BCUT2D eigenvalue weighted by molar-refractivity contribution is 0.847. The fourth-order valence-corrected chi connectivity index (χ4v) is 1.56. The van der Waals surface area contributed by atoms with Gasteiger partial charge in [-0.2, -0.15) is 0 Å². The van der Waals surface area contributed by atoms with Crippen molar-refractivity contribution in [2.75, 3.05) is 6.54 Å². The first-order valence-corrected chi connectivity index (χ1v) is 5.21. The molecule has 1 nitrogen and oxygen atoms in total. The van der Waals surface area contributed by atoms with Crippen LogP contribution in [-0.4, -0.2) is 6.54 Å². The molecule has 0 aliphatic heterocycles. The molecule has 0 radical (unpaired) electrons. The Balaban J connectivity index is 2.89. The minimum absolute atomic E-state index is 0.559. The highest BCUT2D eigenvalue weighted by Crippen LogP contribution is 2.22. The van der Waals surface area contributed by atoms with Gasteiger partial charge in [-0.3, -0.25) is 0 Å². The predicted molar refractivity (Wildman–Crippen MR) is 62.9 cm³/mol. The van der Waals surface area contributed by atoms with Gasteiger partial charge in [0.1, 0.15) is 0 Å². The molecule has 0 aromatic heterocycles. The number of benzene rings is 1. The highest BCUT2D eigenvalue weighted by Gasteiger charge is 2.04. The second-order valence-electron chi connectivity index (χ2n) is 3.76. The van der Waals surface area contributed by atoms with Gasteiger partial charge in [0, 0.05) is 0 Å². The molecule has 2 N–H and O–H groups in total. The summed E-state index contributed by atoms with van der Waals surface area (Å²) in [6.07, 6.45) is 3.21. The van der Waals surface area contributed by atoms with E-state index >= 15 is 0 Å². The van der Waals surface area contributed by atoms with Gasteiger partial charge in [0.2, 0.25) is 0 Å². The molecule has 0 spiro atoms. The van der Waals surface area contributed by atoms with Crippen molar-refractivity contribution in [1.82, 2.24) is 0 Å². The van der Waals surface area contributed by atoms with Crippen molar-refractivity contribution >= 4 is 5.57 Å². The van der Waals surface area contributed by atoms with Crippen molar-refractivity contribution < 1.29 is 0 Å². The number of rotatable bonds is 4. The summed E-state index contributed by atoms with van der Waals surface area (Å²) in [5, 5.41) is 0. The Morgan fingerprint density at radius 1 is 1.29 bits per heavy atom. The minimum Gasteiger partial charge on any atom is -0.330 e. The van der Waals surface area contributed by atoms with Crippen LogP contribution in [-0.2, 0) is 0 Å². The molecule has 0 unspecified atom stereocenters. The van der Waals surface area contributed by atoms with Gasteiger partial charge in [-0.15, -0.1) is 0 Å². The first kappa shape index (κ1) is 11.0. The van der Waals surface area contributed by atoms with Gasteiger partial charge in [-0.1, -0.05) is 50.3 Å². The number of nitrogens with two attached hydrogens (primary N) is 1. The molecule has 0 fully saturated rings. The average molecular weight is 189 g/mol. The van der Waals surface area contributed by atoms with E-state index in [1.165, 1.54) is 11.1 Å². The maximum atomic E-state index is 5.51. The molecule has 0 heterocycles. The highest BCUT2D eigenvalue weighted by atomic mass is 14.5. The number of hydrogen-bond acceptors (Lipinski definition) is 1. The van der Waals surface area contributed by atoms with Crippen LogP contribution in [0.2, 0.25) is 0 Å². The van der Waals surface area contributed by atoms with Crippen molar-refractivity contribution in [3.63, 3.8) is 0 Å². The van der Waals surface area contributed by atoms with Crippen LogP contribution >= 0.6 is 0 Å². The third-order valence-corrected chi connectivity index (χ3v) is 2.26. The Kier molecular flexibility index (Phi) is 4.41. The van der Waals surface area contributed by atoms with Gasteiger partial charge in [0.05, 0.1) is 0 Å². The average Bonchev–Trinajstić information content (AvgIpc) is 2.19. The quantitative estimate of drug-likeness (QED) is 0.774. The van der Waals surface area contributed by atoms with Crippen LogP contribution in [0.25, 0.3) is 5.57 Å². The van der Waals surface area contributed by atoms with Crippen LogP contribution in [0.3, 0.4) is 0 Å². The minimum atomic E-state index is 0.559. The standard InChI is InChI=1S/C13H19N/c1-11(2)13(9-6-10-14)12-7-4-3-5-8-12/h3-5,7-9,11H,6,10,14H2,1-2H3/b13-9+. The molecular weight excluding hydrogens is 170 g/mol. The number of hydrogen-bond donors (Lipinski definition) is 1. The lowest BCUT2D eigenvalue weighted by Gasteiger charge is -2.11. The van der Waals surface area contributed by atoms with E-state index in [2.05, 4.69) is 44.2 Å². The maximum Gasteiger partial charge on any atom is -0.00424 e. The van der Waals surface area contributed by atoms with Crippen molar-refractivity contribution in [2.45, 2.75) is 20.3 Å². The van der Waals surface area contributed by atoms with Gasteiger partial charge >= 0.3 is 0 Å². The van der Waals surface area contributed by atoms with Gasteiger partial charge in [-0.05, 0) is 30.0 Å². The summed E-state index contributed by atoms with van der Waals surface area (Å²) >= 11 is 0. The predicted octanol–water partition coefficient (Wildman–Crippen LogP) is 3.07. The Bertz CT molecular complexity index is 285. The summed E-state index contributed by atoms with van der Waals surface area (Å²) in [4.78, 5) is 0. The zero-order chi connectivity index (χ0) is 10.4. The van der Waals surface area contributed by atoms with Gasteiger partial charge in [0.25, 0.3) is 0 Å². The summed E-state index contributed by atoms with van der Waals surface area (Å²) in [5.41, 5.74) is 8.23. The summed E-state index contributed by atoms with van der Waals surface area (Å²) in [5.74, 6) is 0.559.